The van der Waals surface area contributed by atoms with E-state index < -0.39 is 0 Å². The molecule has 1 aromatic heterocycles. The molecule has 6 heteroatoms. The Morgan fingerprint density at radius 1 is 1.92 bits per heavy atom. The van der Waals surface area contributed by atoms with Crippen molar-refractivity contribution >= 4 is 5.91 Å². The van der Waals surface area contributed by atoms with E-state index in [2.05, 4.69) is 4.98 Å². The molecule has 1 rings (SSSR count). The monoisotopic (exact) mass is 165 g/mol. The molecule has 0 saturated heterocycles. The fourth-order valence-corrected chi connectivity index (χ4v) is 0.750. The molecule has 62 valence electrons. The number of rotatable bonds is 2. The Balaban J connectivity index is 2.76. The topological polar surface area (TPSA) is 96.7 Å². The van der Waals surface area contributed by atoms with Crippen LogP contribution in [0.2, 0.25) is 0 Å². The number of nitrogens with two attached hydrogens (primary N) is 1. The molecule has 12 heavy (non-hydrogen) atoms. The van der Waals surface area contributed by atoms with E-state index in [-0.39, 0.29) is 18.3 Å². The van der Waals surface area contributed by atoms with Crippen LogP contribution < -0.4 is 11.3 Å². The fourth-order valence-electron chi connectivity index (χ4n) is 0.750. The summed E-state index contributed by atoms with van der Waals surface area (Å²) in [5.74, 6) is 4.69. The van der Waals surface area contributed by atoms with Gasteiger partial charge in [0.2, 0.25) is 5.82 Å². The molecule has 0 aliphatic heterocycles. The molecule has 0 fully saturated rings. The number of aromatic nitrogens is 2. The number of nitriles is 1. The van der Waals surface area contributed by atoms with Crippen LogP contribution >= 0.6 is 0 Å². The summed E-state index contributed by atoms with van der Waals surface area (Å²) in [6, 6.07) is 1.84. The van der Waals surface area contributed by atoms with Gasteiger partial charge in [0.1, 0.15) is 12.6 Å². The van der Waals surface area contributed by atoms with Gasteiger partial charge in [-0.1, -0.05) is 0 Å². The van der Waals surface area contributed by atoms with E-state index in [1.165, 1.54) is 17.0 Å². The van der Waals surface area contributed by atoms with Gasteiger partial charge in [-0.3, -0.25) is 10.2 Å². The Kier molecular flexibility index (Phi) is 2.40. The number of hydrogen-bond donors (Lipinski definition) is 2. The standard InChI is InChI=1S/C6H7N5O/c7-3-5-9-1-2-11(5)4-6(12)10-8/h1-2H,4,8H2,(H,10,12). The molecule has 0 atom stereocenters. The van der Waals surface area contributed by atoms with Crippen LogP contribution in [0.25, 0.3) is 0 Å². The third-order valence-corrected chi connectivity index (χ3v) is 1.29. The predicted octanol–water partition coefficient (Wildman–Crippen LogP) is -1.26. The number of hydrazine groups is 1. The van der Waals surface area contributed by atoms with E-state index in [0.29, 0.717) is 0 Å². The highest BCUT2D eigenvalue weighted by Gasteiger charge is 2.04. The van der Waals surface area contributed by atoms with E-state index in [0.717, 1.165) is 0 Å². The van der Waals surface area contributed by atoms with Gasteiger partial charge in [-0.15, -0.1) is 0 Å². The van der Waals surface area contributed by atoms with E-state index in [1.54, 1.807) is 0 Å². The molecule has 0 spiro atoms. The van der Waals surface area contributed by atoms with Crippen LogP contribution in [0.1, 0.15) is 5.82 Å². The van der Waals surface area contributed by atoms with Gasteiger partial charge in [0.15, 0.2) is 0 Å². The van der Waals surface area contributed by atoms with E-state index >= 15 is 0 Å². The van der Waals surface area contributed by atoms with Crippen molar-refractivity contribution in [3.05, 3.63) is 18.2 Å². The number of imidazole rings is 1. The van der Waals surface area contributed by atoms with Crippen molar-refractivity contribution in [3.63, 3.8) is 0 Å². The van der Waals surface area contributed by atoms with Gasteiger partial charge >= 0.3 is 0 Å². The maximum absolute atomic E-state index is 10.8. The molecule has 0 aromatic carbocycles. The summed E-state index contributed by atoms with van der Waals surface area (Å²) in [6.45, 7) is 0.0133. The summed E-state index contributed by atoms with van der Waals surface area (Å²) < 4.78 is 1.40. The molecular weight excluding hydrogens is 158 g/mol. The molecule has 0 bridgehead atoms. The molecule has 1 amide bonds. The van der Waals surface area contributed by atoms with Crippen LogP contribution in [0.15, 0.2) is 12.4 Å². The lowest BCUT2D eigenvalue weighted by Gasteiger charge is -2.00. The van der Waals surface area contributed by atoms with E-state index in [4.69, 9.17) is 11.1 Å². The van der Waals surface area contributed by atoms with Crippen LogP contribution in [0.4, 0.5) is 0 Å². The lowest BCUT2D eigenvalue weighted by atomic mass is 10.5. The molecular formula is C6H7N5O. The Morgan fingerprint density at radius 2 is 2.67 bits per heavy atom. The van der Waals surface area contributed by atoms with Crippen molar-refractivity contribution in [1.82, 2.24) is 15.0 Å². The van der Waals surface area contributed by atoms with Gasteiger partial charge < -0.3 is 4.57 Å². The fraction of sp³-hybridized carbons (Fsp3) is 0.167. The zero-order valence-electron chi connectivity index (χ0n) is 6.19. The highest BCUT2D eigenvalue weighted by molar-refractivity contribution is 5.75. The van der Waals surface area contributed by atoms with Gasteiger partial charge in [0, 0.05) is 12.4 Å². The van der Waals surface area contributed by atoms with Crippen LogP contribution in [-0.2, 0) is 11.3 Å². The summed E-state index contributed by atoms with van der Waals surface area (Å²) in [5.41, 5.74) is 1.96. The van der Waals surface area contributed by atoms with Crippen molar-refractivity contribution < 1.29 is 4.79 Å². The average Bonchev–Trinajstić information content (AvgIpc) is 2.51. The number of carbonyl (C=O) groups is 1. The average molecular weight is 165 g/mol. The second kappa shape index (κ2) is 3.50. The zero-order chi connectivity index (χ0) is 8.97. The molecule has 0 aliphatic carbocycles. The lowest BCUT2D eigenvalue weighted by Crippen LogP contribution is -2.33. The number of carbonyl (C=O) groups excluding carboxylic acids is 1. The largest absolute Gasteiger partial charge is 0.313 e. The van der Waals surface area contributed by atoms with Crippen LogP contribution in [-0.4, -0.2) is 15.5 Å². The second-order valence-electron chi connectivity index (χ2n) is 2.06. The first-order valence-corrected chi connectivity index (χ1v) is 3.18. The Morgan fingerprint density at radius 3 is 3.25 bits per heavy atom. The molecule has 0 unspecified atom stereocenters. The Hall–Kier alpha value is -1.87. The summed E-state index contributed by atoms with van der Waals surface area (Å²) in [4.78, 5) is 14.5. The minimum Gasteiger partial charge on any atom is -0.313 e. The minimum atomic E-state index is -0.371. The van der Waals surface area contributed by atoms with Gasteiger partial charge in [0.05, 0.1) is 0 Å². The molecule has 0 radical (unpaired) electrons. The zero-order valence-corrected chi connectivity index (χ0v) is 6.19. The molecule has 6 nitrogen and oxygen atoms in total. The van der Waals surface area contributed by atoms with Gasteiger partial charge in [0.25, 0.3) is 5.91 Å². The number of hydrogen-bond acceptors (Lipinski definition) is 4. The van der Waals surface area contributed by atoms with Crippen molar-refractivity contribution in [2.24, 2.45) is 5.84 Å². The van der Waals surface area contributed by atoms with Crippen molar-refractivity contribution in [2.45, 2.75) is 6.54 Å². The van der Waals surface area contributed by atoms with Gasteiger partial charge in [-0.05, 0) is 0 Å². The quantitative estimate of drug-likeness (QED) is 0.325. The summed E-state index contributed by atoms with van der Waals surface area (Å²) in [5, 5.41) is 8.50. The highest BCUT2D eigenvalue weighted by atomic mass is 16.2. The first-order valence-electron chi connectivity index (χ1n) is 3.18. The number of nitrogens with one attached hydrogen (secondary N) is 1. The van der Waals surface area contributed by atoms with Gasteiger partial charge in [-0.2, -0.15) is 5.26 Å². The predicted molar refractivity (Wildman–Crippen MR) is 39.3 cm³/mol. The van der Waals surface area contributed by atoms with Crippen molar-refractivity contribution in [2.75, 3.05) is 0 Å². The van der Waals surface area contributed by atoms with E-state index in [1.807, 2.05) is 11.5 Å². The Labute approximate surface area is 68.6 Å². The molecule has 0 saturated carbocycles. The molecule has 3 N–H and O–H groups in total. The molecule has 0 aliphatic rings. The number of amides is 1. The smallest absolute Gasteiger partial charge is 0.253 e. The van der Waals surface area contributed by atoms with Crippen molar-refractivity contribution in [3.8, 4) is 6.07 Å². The van der Waals surface area contributed by atoms with Gasteiger partial charge in [-0.25, -0.2) is 10.8 Å². The third kappa shape index (κ3) is 1.59. The maximum Gasteiger partial charge on any atom is 0.253 e. The van der Waals surface area contributed by atoms with Crippen LogP contribution in [0.3, 0.4) is 0 Å². The minimum absolute atomic E-state index is 0.0133. The summed E-state index contributed by atoms with van der Waals surface area (Å²) in [6.07, 6.45) is 2.98. The molecule has 1 aromatic rings. The highest BCUT2D eigenvalue weighted by Crippen LogP contribution is 1.93. The lowest BCUT2D eigenvalue weighted by molar-refractivity contribution is -0.121. The molecule has 1 heterocycles. The second-order valence-corrected chi connectivity index (χ2v) is 2.06. The summed E-state index contributed by atoms with van der Waals surface area (Å²) >= 11 is 0. The Bertz CT molecular complexity index is 323. The first-order chi connectivity index (χ1) is 5.77. The summed E-state index contributed by atoms with van der Waals surface area (Å²) in [7, 11) is 0. The van der Waals surface area contributed by atoms with Crippen molar-refractivity contribution in [1.29, 1.82) is 5.26 Å². The third-order valence-electron chi connectivity index (χ3n) is 1.29. The normalized spacial score (nSPS) is 9.00. The van der Waals surface area contributed by atoms with E-state index in [9.17, 15) is 4.79 Å². The SMILES string of the molecule is N#Cc1nccn1CC(=O)NN. The number of nitrogens with zero attached hydrogens (tertiary/aromatic N) is 3. The maximum atomic E-state index is 10.8. The van der Waals surface area contributed by atoms with Crippen LogP contribution in [0, 0.1) is 11.3 Å². The first kappa shape index (κ1) is 8.23. The van der Waals surface area contributed by atoms with Crippen LogP contribution in [0.5, 0.6) is 0 Å².